The third-order valence-electron chi connectivity index (χ3n) is 5.78. The first-order valence-corrected chi connectivity index (χ1v) is 8.93. The van der Waals surface area contributed by atoms with Crippen molar-refractivity contribution in [2.45, 2.75) is 31.2 Å². The standard InChI is InChI=1S/C21H26N2/c22-13-18-14-23(15-20(18)17-7-2-1-3-8-17)21-12-6-10-16-9-4-5-11-19(16)21/h1-5,7-9,11,18,20-21H,6,10,12-15,22H2/t18-,20+,21?/m1/s1. The van der Waals surface area contributed by atoms with Crippen molar-refractivity contribution in [1.82, 2.24) is 4.90 Å². The Hall–Kier alpha value is -1.64. The highest BCUT2D eigenvalue weighted by Crippen LogP contribution is 2.41. The largest absolute Gasteiger partial charge is 0.330 e. The lowest BCUT2D eigenvalue weighted by Gasteiger charge is -2.33. The number of benzene rings is 2. The van der Waals surface area contributed by atoms with E-state index >= 15 is 0 Å². The van der Waals surface area contributed by atoms with Gasteiger partial charge in [0.05, 0.1) is 0 Å². The van der Waals surface area contributed by atoms with Crippen molar-refractivity contribution in [3.8, 4) is 0 Å². The number of nitrogens with two attached hydrogens (primary N) is 1. The maximum absolute atomic E-state index is 6.12. The Bertz CT molecular complexity index is 652. The number of likely N-dealkylation sites (tertiary alicyclic amines) is 1. The van der Waals surface area contributed by atoms with Crippen LogP contribution in [0.25, 0.3) is 0 Å². The molecular formula is C21H26N2. The highest BCUT2D eigenvalue weighted by Gasteiger charge is 2.37. The molecule has 1 heterocycles. The third-order valence-corrected chi connectivity index (χ3v) is 5.78. The lowest BCUT2D eigenvalue weighted by Crippen LogP contribution is -2.30. The molecule has 1 fully saturated rings. The average Bonchev–Trinajstić information content (AvgIpc) is 3.06. The number of hydrogen-bond acceptors (Lipinski definition) is 2. The Labute approximate surface area is 139 Å². The molecule has 120 valence electrons. The number of hydrogen-bond donors (Lipinski definition) is 1. The van der Waals surface area contributed by atoms with Gasteiger partial charge >= 0.3 is 0 Å². The van der Waals surface area contributed by atoms with E-state index in [1.807, 2.05) is 0 Å². The number of fused-ring (bicyclic) bond motifs is 1. The van der Waals surface area contributed by atoms with Gasteiger partial charge in [0.25, 0.3) is 0 Å². The first-order chi connectivity index (χ1) is 11.4. The van der Waals surface area contributed by atoms with Gasteiger partial charge in [-0.25, -0.2) is 0 Å². The van der Waals surface area contributed by atoms with Gasteiger partial charge < -0.3 is 5.73 Å². The summed E-state index contributed by atoms with van der Waals surface area (Å²) in [5.41, 5.74) is 10.7. The van der Waals surface area contributed by atoms with Crippen molar-refractivity contribution in [3.63, 3.8) is 0 Å². The monoisotopic (exact) mass is 306 g/mol. The van der Waals surface area contributed by atoms with Gasteiger partial charge in [0.1, 0.15) is 0 Å². The van der Waals surface area contributed by atoms with Crippen molar-refractivity contribution < 1.29 is 0 Å². The van der Waals surface area contributed by atoms with E-state index in [9.17, 15) is 0 Å². The number of nitrogens with zero attached hydrogens (tertiary/aromatic N) is 1. The molecule has 0 aromatic heterocycles. The molecule has 0 saturated carbocycles. The van der Waals surface area contributed by atoms with Crippen LogP contribution >= 0.6 is 0 Å². The van der Waals surface area contributed by atoms with Crippen molar-refractivity contribution in [2.24, 2.45) is 11.7 Å². The van der Waals surface area contributed by atoms with E-state index < -0.39 is 0 Å². The molecule has 2 N–H and O–H groups in total. The zero-order valence-corrected chi connectivity index (χ0v) is 13.7. The molecule has 4 rings (SSSR count). The van der Waals surface area contributed by atoms with Crippen LogP contribution in [0.2, 0.25) is 0 Å². The predicted octanol–water partition coefficient (Wildman–Crippen LogP) is 3.74. The summed E-state index contributed by atoms with van der Waals surface area (Å²) in [5.74, 6) is 1.15. The second-order valence-corrected chi connectivity index (χ2v) is 7.07. The van der Waals surface area contributed by atoms with Crippen molar-refractivity contribution in [3.05, 3.63) is 71.3 Å². The van der Waals surface area contributed by atoms with Gasteiger partial charge in [0.2, 0.25) is 0 Å². The van der Waals surface area contributed by atoms with Crippen molar-refractivity contribution in [1.29, 1.82) is 0 Å². The topological polar surface area (TPSA) is 29.3 Å². The molecule has 1 unspecified atom stereocenters. The minimum Gasteiger partial charge on any atom is -0.330 e. The summed E-state index contributed by atoms with van der Waals surface area (Å²) in [6.07, 6.45) is 3.83. The fourth-order valence-electron chi connectivity index (χ4n) is 4.58. The summed E-state index contributed by atoms with van der Waals surface area (Å²) in [6.45, 7) is 3.06. The molecule has 1 saturated heterocycles. The maximum atomic E-state index is 6.12. The van der Waals surface area contributed by atoms with Crippen LogP contribution in [0.1, 0.15) is 41.5 Å². The molecule has 1 aliphatic heterocycles. The summed E-state index contributed by atoms with van der Waals surface area (Å²) in [7, 11) is 0. The molecule has 2 aliphatic rings. The fraction of sp³-hybridized carbons (Fsp3) is 0.429. The van der Waals surface area contributed by atoms with E-state index in [1.54, 1.807) is 11.1 Å². The molecule has 2 aromatic carbocycles. The molecule has 1 aliphatic carbocycles. The maximum Gasteiger partial charge on any atom is 0.0351 e. The van der Waals surface area contributed by atoms with Gasteiger partial charge in [-0.05, 0) is 48.4 Å². The zero-order chi connectivity index (χ0) is 15.6. The van der Waals surface area contributed by atoms with E-state index in [0.29, 0.717) is 17.9 Å². The molecule has 0 radical (unpaired) electrons. The molecule has 2 heteroatoms. The summed E-state index contributed by atoms with van der Waals surface area (Å²) in [6, 6.07) is 20.6. The summed E-state index contributed by atoms with van der Waals surface area (Å²) < 4.78 is 0. The molecular weight excluding hydrogens is 280 g/mol. The van der Waals surface area contributed by atoms with E-state index in [1.165, 1.54) is 24.8 Å². The van der Waals surface area contributed by atoms with E-state index in [2.05, 4.69) is 59.5 Å². The van der Waals surface area contributed by atoms with Gasteiger partial charge in [0, 0.05) is 25.0 Å². The first-order valence-electron chi connectivity index (χ1n) is 8.93. The van der Waals surface area contributed by atoms with Crippen LogP contribution in [-0.2, 0) is 6.42 Å². The minimum atomic E-state index is 0.575. The Balaban J connectivity index is 1.60. The normalized spacial score (nSPS) is 27.8. The fourth-order valence-corrected chi connectivity index (χ4v) is 4.58. The molecule has 0 spiro atoms. The Morgan fingerprint density at radius 2 is 1.74 bits per heavy atom. The quantitative estimate of drug-likeness (QED) is 0.936. The molecule has 0 bridgehead atoms. The second kappa shape index (κ2) is 6.46. The first kappa shape index (κ1) is 14.9. The molecule has 2 aromatic rings. The van der Waals surface area contributed by atoms with Crippen LogP contribution < -0.4 is 5.73 Å². The van der Waals surface area contributed by atoms with Crippen molar-refractivity contribution in [2.75, 3.05) is 19.6 Å². The van der Waals surface area contributed by atoms with Gasteiger partial charge in [0.15, 0.2) is 0 Å². The van der Waals surface area contributed by atoms with E-state index in [0.717, 1.165) is 19.6 Å². The Morgan fingerprint density at radius 1 is 0.957 bits per heavy atom. The second-order valence-electron chi connectivity index (χ2n) is 7.07. The van der Waals surface area contributed by atoms with Gasteiger partial charge in [-0.1, -0.05) is 54.6 Å². The van der Waals surface area contributed by atoms with Gasteiger partial charge in [-0.3, -0.25) is 4.90 Å². The predicted molar refractivity (Wildman–Crippen MR) is 95.4 cm³/mol. The number of rotatable bonds is 3. The van der Waals surface area contributed by atoms with Crippen LogP contribution in [0.3, 0.4) is 0 Å². The lowest BCUT2D eigenvalue weighted by molar-refractivity contribution is 0.213. The summed E-state index contributed by atoms with van der Waals surface area (Å²) >= 11 is 0. The summed E-state index contributed by atoms with van der Waals surface area (Å²) in [5, 5.41) is 0. The SMILES string of the molecule is NC[C@@H]1CN(C2CCCc3ccccc32)C[C@H]1c1ccccc1. The molecule has 3 atom stereocenters. The molecule has 0 amide bonds. The van der Waals surface area contributed by atoms with Crippen LogP contribution in [0.15, 0.2) is 54.6 Å². The zero-order valence-electron chi connectivity index (χ0n) is 13.7. The third kappa shape index (κ3) is 2.82. The Kier molecular flexibility index (Phi) is 4.19. The molecule has 23 heavy (non-hydrogen) atoms. The highest BCUT2D eigenvalue weighted by atomic mass is 15.2. The summed E-state index contributed by atoms with van der Waals surface area (Å²) in [4.78, 5) is 2.70. The van der Waals surface area contributed by atoms with Crippen molar-refractivity contribution >= 4 is 0 Å². The van der Waals surface area contributed by atoms with Crippen LogP contribution in [0.4, 0.5) is 0 Å². The van der Waals surface area contributed by atoms with Crippen LogP contribution in [-0.4, -0.2) is 24.5 Å². The van der Waals surface area contributed by atoms with Gasteiger partial charge in [-0.2, -0.15) is 0 Å². The minimum absolute atomic E-state index is 0.575. The smallest absolute Gasteiger partial charge is 0.0351 e. The Morgan fingerprint density at radius 3 is 2.57 bits per heavy atom. The van der Waals surface area contributed by atoms with Crippen LogP contribution in [0.5, 0.6) is 0 Å². The van der Waals surface area contributed by atoms with E-state index in [4.69, 9.17) is 5.73 Å². The molecule has 2 nitrogen and oxygen atoms in total. The average molecular weight is 306 g/mol. The highest BCUT2D eigenvalue weighted by molar-refractivity contribution is 5.33. The van der Waals surface area contributed by atoms with Crippen LogP contribution in [0, 0.1) is 5.92 Å². The van der Waals surface area contributed by atoms with E-state index in [-0.39, 0.29) is 0 Å². The van der Waals surface area contributed by atoms with Gasteiger partial charge in [-0.15, -0.1) is 0 Å². The number of aryl methyl sites for hydroxylation is 1. The lowest BCUT2D eigenvalue weighted by atomic mass is 9.87.